The zero-order valence-electron chi connectivity index (χ0n) is 15.7. The molecule has 2 unspecified atom stereocenters. The molecule has 0 aliphatic carbocycles. The third-order valence-electron chi connectivity index (χ3n) is 4.27. The molecule has 0 aromatic heterocycles. The second-order valence-corrected chi connectivity index (χ2v) is 7.69. The fraction of sp³-hybridized carbons (Fsp3) is 0.318. The predicted molar refractivity (Wildman–Crippen MR) is 110 cm³/mol. The fourth-order valence-electron chi connectivity index (χ4n) is 2.62. The first kappa shape index (κ1) is 22.9. The normalized spacial score (nSPS) is 13.2. The van der Waals surface area contributed by atoms with Crippen LogP contribution in [0.4, 0.5) is 13.2 Å². The van der Waals surface area contributed by atoms with Crippen molar-refractivity contribution >= 4 is 17.7 Å². The van der Waals surface area contributed by atoms with Crippen molar-refractivity contribution in [1.82, 2.24) is 0 Å². The molecule has 0 aliphatic rings. The predicted octanol–water partition coefficient (Wildman–Crippen LogP) is 4.66. The number of nitrogens with two attached hydrogens (primary N) is 1. The van der Waals surface area contributed by atoms with Crippen LogP contribution in [0.3, 0.4) is 0 Å². The summed E-state index contributed by atoms with van der Waals surface area (Å²) in [5.74, 6) is 3.93. The smallest absolute Gasteiger partial charge is 0.395 e. The number of hydrogen-bond donors (Lipinski definition) is 2. The van der Waals surface area contributed by atoms with Crippen molar-refractivity contribution in [2.24, 2.45) is 5.73 Å². The lowest BCUT2D eigenvalue weighted by Gasteiger charge is -2.20. The molecule has 0 saturated carbocycles. The molecule has 2 aromatic rings. The molecule has 3 nitrogen and oxygen atoms in total. The second kappa shape index (κ2) is 10.9. The maximum Gasteiger partial charge on any atom is 0.395 e. The van der Waals surface area contributed by atoms with Crippen molar-refractivity contribution in [1.29, 1.82) is 0 Å². The minimum absolute atomic E-state index is 0.0779. The first-order valence-corrected chi connectivity index (χ1v) is 10.2. The summed E-state index contributed by atoms with van der Waals surface area (Å²) in [6.45, 7) is 0. The van der Waals surface area contributed by atoms with Crippen molar-refractivity contribution in [2.45, 2.75) is 31.0 Å². The first-order valence-electron chi connectivity index (χ1n) is 9.07. The maximum atomic E-state index is 13.5. The molecule has 29 heavy (non-hydrogen) atoms. The molecule has 154 valence electrons. The summed E-state index contributed by atoms with van der Waals surface area (Å²) >= 11 is 1.28. The van der Waals surface area contributed by atoms with Crippen LogP contribution in [-0.4, -0.2) is 34.8 Å². The zero-order chi connectivity index (χ0) is 21.3. The largest absolute Gasteiger partial charge is 0.480 e. The van der Waals surface area contributed by atoms with Crippen LogP contribution in [0.2, 0.25) is 0 Å². The van der Waals surface area contributed by atoms with E-state index in [0.29, 0.717) is 11.3 Å². The average Bonchev–Trinajstić information content (AvgIpc) is 2.69. The van der Waals surface area contributed by atoms with Gasteiger partial charge in [-0.25, -0.2) is 0 Å². The highest BCUT2D eigenvalue weighted by Crippen LogP contribution is 2.38. The van der Waals surface area contributed by atoms with Gasteiger partial charge in [-0.2, -0.15) is 24.9 Å². The van der Waals surface area contributed by atoms with Crippen LogP contribution in [0.25, 0.3) is 0 Å². The van der Waals surface area contributed by atoms with Crippen molar-refractivity contribution in [3.8, 4) is 11.8 Å². The van der Waals surface area contributed by atoms with Crippen molar-refractivity contribution in [2.75, 3.05) is 11.5 Å². The molecular formula is C22H22F3NO2S. The SMILES string of the molecule is NC(CCSCCC(c1ccc(C#Cc2ccccc2)cc1)C(F)(F)F)C(=O)O. The van der Waals surface area contributed by atoms with E-state index in [1.54, 1.807) is 12.1 Å². The molecule has 2 atom stereocenters. The summed E-state index contributed by atoms with van der Waals surface area (Å²) in [5, 5.41) is 8.71. The van der Waals surface area contributed by atoms with E-state index < -0.39 is 24.1 Å². The van der Waals surface area contributed by atoms with Gasteiger partial charge in [-0.15, -0.1) is 0 Å². The highest BCUT2D eigenvalue weighted by molar-refractivity contribution is 7.99. The minimum Gasteiger partial charge on any atom is -0.480 e. The van der Waals surface area contributed by atoms with Crippen molar-refractivity contribution in [3.05, 3.63) is 71.3 Å². The summed E-state index contributed by atoms with van der Waals surface area (Å²) < 4.78 is 40.5. The standard InChI is InChI=1S/C22H22F3NO2S/c23-22(24,25)19(12-14-29-15-13-20(26)21(27)28)18-10-8-17(9-11-18)7-6-16-4-2-1-3-5-16/h1-5,8-11,19-20H,12-15,26H2,(H,27,28). The number of aliphatic carboxylic acids is 1. The van der Waals surface area contributed by atoms with E-state index in [1.165, 1.54) is 23.9 Å². The molecule has 0 fully saturated rings. The van der Waals surface area contributed by atoms with Gasteiger partial charge in [0.25, 0.3) is 0 Å². The van der Waals surface area contributed by atoms with Gasteiger partial charge in [0.05, 0.1) is 5.92 Å². The lowest BCUT2D eigenvalue weighted by molar-refractivity contribution is -0.150. The Morgan fingerprint density at radius 3 is 2.07 bits per heavy atom. The summed E-state index contributed by atoms with van der Waals surface area (Å²) in [7, 11) is 0. The van der Waals surface area contributed by atoms with Crippen LogP contribution in [-0.2, 0) is 4.79 Å². The summed E-state index contributed by atoms with van der Waals surface area (Å²) in [4.78, 5) is 10.6. The van der Waals surface area contributed by atoms with Gasteiger partial charge in [-0.3, -0.25) is 4.79 Å². The average molecular weight is 421 g/mol. The molecule has 0 aliphatic heterocycles. The third kappa shape index (κ3) is 7.84. The number of hydrogen-bond acceptors (Lipinski definition) is 3. The fourth-order valence-corrected chi connectivity index (χ4v) is 3.65. The Balaban J connectivity index is 1.96. The highest BCUT2D eigenvalue weighted by atomic mass is 32.2. The summed E-state index contributed by atoms with van der Waals surface area (Å²) in [6.07, 6.45) is -4.20. The van der Waals surface area contributed by atoms with E-state index in [1.807, 2.05) is 30.3 Å². The summed E-state index contributed by atoms with van der Waals surface area (Å²) in [5.41, 5.74) is 7.08. The molecule has 2 aromatic carbocycles. The molecule has 0 radical (unpaired) electrons. The molecule has 0 spiro atoms. The van der Waals surface area contributed by atoms with Crippen LogP contribution in [0.15, 0.2) is 54.6 Å². The number of alkyl halides is 3. The Hall–Kier alpha value is -2.43. The number of carboxylic acids is 1. The van der Waals surface area contributed by atoms with Gasteiger partial charge in [-0.05, 0) is 54.2 Å². The Morgan fingerprint density at radius 1 is 0.966 bits per heavy atom. The number of halogens is 3. The number of carboxylic acid groups (broad SMARTS) is 1. The minimum atomic E-state index is -4.35. The number of thioether (sulfide) groups is 1. The van der Waals surface area contributed by atoms with Gasteiger partial charge in [0.1, 0.15) is 6.04 Å². The number of carbonyl (C=O) groups is 1. The second-order valence-electron chi connectivity index (χ2n) is 6.47. The van der Waals surface area contributed by atoms with Crippen LogP contribution in [0, 0.1) is 11.8 Å². The number of rotatable bonds is 8. The van der Waals surface area contributed by atoms with Crippen LogP contribution in [0.5, 0.6) is 0 Å². The van der Waals surface area contributed by atoms with Gasteiger partial charge in [0, 0.05) is 11.1 Å². The molecule has 0 amide bonds. The van der Waals surface area contributed by atoms with Crippen molar-refractivity contribution in [3.63, 3.8) is 0 Å². The molecule has 0 bridgehead atoms. The van der Waals surface area contributed by atoms with E-state index >= 15 is 0 Å². The first-order chi connectivity index (χ1) is 13.8. The zero-order valence-corrected chi connectivity index (χ0v) is 16.5. The highest BCUT2D eigenvalue weighted by Gasteiger charge is 2.40. The van der Waals surface area contributed by atoms with E-state index in [9.17, 15) is 18.0 Å². The van der Waals surface area contributed by atoms with Gasteiger partial charge in [0.15, 0.2) is 0 Å². The molecule has 3 N–H and O–H groups in total. The van der Waals surface area contributed by atoms with Gasteiger partial charge in [-0.1, -0.05) is 42.2 Å². The Bertz CT molecular complexity index is 842. The molecule has 0 saturated heterocycles. The Labute approximate surface area is 172 Å². The topological polar surface area (TPSA) is 63.3 Å². The van der Waals surface area contributed by atoms with E-state index in [2.05, 4.69) is 11.8 Å². The summed E-state index contributed by atoms with van der Waals surface area (Å²) in [6, 6.07) is 14.5. The molecule has 7 heteroatoms. The lowest BCUT2D eigenvalue weighted by Crippen LogP contribution is -2.30. The lowest BCUT2D eigenvalue weighted by atomic mass is 9.95. The maximum absolute atomic E-state index is 13.5. The molecular weight excluding hydrogens is 399 g/mol. The monoisotopic (exact) mass is 421 g/mol. The van der Waals surface area contributed by atoms with Gasteiger partial charge < -0.3 is 10.8 Å². The molecule has 0 heterocycles. The van der Waals surface area contributed by atoms with E-state index in [4.69, 9.17) is 10.8 Å². The van der Waals surface area contributed by atoms with Crippen LogP contribution < -0.4 is 5.73 Å². The van der Waals surface area contributed by atoms with Crippen LogP contribution >= 0.6 is 11.8 Å². The van der Waals surface area contributed by atoms with Crippen LogP contribution in [0.1, 0.15) is 35.4 Å². The Morgan fingerprint density at radius 2 is 1.52 bits per heavy atom. The van der Waals surface area contributed by atoms with Gasteiger partial charge >= 0.3 is 12.1 Å². The van der Waals surface area contributed by atoms with E-state index in [0.717, 1.165) is 5.56 Å². The number of benzene rings is 2. The van der Waals surface area contributed by atoms with E-state index in [-0.39, 0.29) is 24.2 Å². The van der Waals surface area contributed by atoms with Gasteiger partial charge in [0.2, 0.25) is 0 Å². The Kier molecular flexibility index (Phi) is 8.62. The van der Waals surface area contributed by atoms with Crippen molar-refractivity contribution < 1.29 is 23.1 Å². The molecule has 2 rings (SSSR count). The third-order valence-corrected chi connectivity index (χ3v) is 5.32. The quantitative estimate of drug-likeness (QED) is 0.481.